The monoisotopic (exact) mass is 271 g/mol. The molecule has 0 amide bonds. The van der Waals surface area contributed by atoms with Gasteiger partial charge in [-0.1, -0.05) is 58.0 Å². The van der Waals surface area contributed by atoms with Crippen molar-refractivity contribution in [2.45, 2.75) is 38.3 Å². The summed E-state index contributed by atoms with van der Waals surface area (Å²) in [7, 11) is 13.4. The van der Waals surface area contributed by atoms with Crippen LogP contribution in [-0.4, -0.2) is 20.7 Å². The zero-order valence-electron chi connectivity index (χ0n) is 13.1. The third kappa shape index (κ3) is 1.70. The van der Waals surface area contributed by atoms with E-state index in [2.05, 4.69) is 44.8 Å². The number of fused-ring (bicyclic) bond motifs is 1. The highest BCUT2D eigenvalue weighted by molar-refractivity contribution is 6.23. The summed E-state index contributed by atoms with van der Waals surface area (Å²) in [5.74, 6) is 0. The van der Waals surface area contributed by atoms with Crippen molar-refractivity contribution in [2.24, 2.45) is 5.41 Å². The van der Waals surface area contributed by atoms with Crippen LogP contribution in [0.4, 0.5) is 0 Å². The maximum absolute atomic E-state index is 6.76. The van der Waals surface area contributed by atoms with Crippen LogP contribution in [0.3, 0.4) is 0 Å². The van der Waals surface area contributed by atoms with Gasteiger partial charge in [-0.15, -0.1) is 0 Å². The molecule has 0 N–H and O–H groups in total. The number of aromatic nitrogens is 1. The molecule has 0 saturated heterocycles. The molecule has 1 nitrogen and oxygen atoms in total. The highest BCUT2D eigenvalue weighted by Gasteiger charge is 2.56. The third-order valence-electron chi connectivity index (χ3n) is 5.67. The molecule has 1 heterocycles. The van der Waals surface area contributed by atoms with Crippen molar-refractivity contribution < 1.29 is 0 Å². The summed E-state index contributed by atoms with van der Waals surface area (Å²) in [6, 6.07) is 12.2. The smallest absolute Gasteiger partial charge is 0.0815 e. The fraction of sp³-hybridized carbons (Fsp3) is 0.389. The predicted molar refractivity (Wildman–Crippen MR) is 89.7 cm³/mol. The van der Waals surface area contributed by atoms with Gasteiger partial charge in [0.05, 0.1) is 21.4 Å². The quantitative estimate of drug-likeness (QED) is 0.722. The number of hydrogen-bond acceptors (Lipinski definition) is 1. The van der Waals surface area contributed by atoms with Crippen molar-refractivity contribution >= 4 is 15.7 Å². The van der Waals surface area contributed by atoms with Crippen LogP contribution in [0.15, 0.2) is 42.6 Å². The Morgan fingerprint density at radius 1 is 0.857 bits per heavy atom. The second-order valence-electron chi connectivity index (χ2n) is 6.98. The minimum Gasteiger partial charge on any atom is -0.256 e. The van der Waals surface area contributed by atoms with Gasteiger partial charge in [-0.3, -0.25) is 4.98 Å². The van der Waals surface area contributed by atoms with Crippen LogP contribution in [0.5, 0.6) is 0 Å². The van der Waals surface area contributed by atoms with Gasteiger partial charge in [0, 0.05) is 11.8 Å². The van der Waals surface area contributed by atoms with E-state index in [1.54, 1.807) is 0 Å². The number of rotatable bonds is 1. The van der Waals surface area contributed by atoms with Crippen LogP contribution >= 0.6 is 0 Å². The average Bonchev–Trinajstić information content (AvgIpc) is 2.56. The lowest BCUT2D eigenvalue weighted by Crippen LogP contribution is -2.46. The standard InChI is InChI=1S/C18H19B2N/c1-16(2)17(3,19)13-10-11-21-15(14(13)18(16,4)20)12-8-6-5-7-9-12/h5-11H,1-4H3. The molecule has 0 aliphatic heterocycles. The second kappa shape index (κ2) is 4.25. The van der Waals surface area contributed by atoms with Gasteiger partial charge in [-0.25, -0.2) is 0 Å². The molecule has 2 unspecified atom stereocenters. The molecule has 0 saturated carbocycles. The average molecular weight is 271 g/mol. The largest absolute Gasteiger partial charge is 0.256 e. The molecular formula is C18H19B2N. The van der Waals surface area contributed by atoms with Crippen molar-refractivity contribution in [2.75, 3.05) is 0 Å². The topological polar surface area (TPSA) is 12.9 Å². The van der Waals surface area contributed by atoms with E-state index in [9.17, 15) is 0 Å². The Morgan fingerprint density at radius 3 is 2.10 bits per heavy atom. The van der Waals surface area contributed by atoms with Crippen molar-refractivity contribution in [3.8, 4) is 11.3 Å². The summed E-state index contributed by atoms with van der Waals surface area (Å²) >= 11 is 0. The molecule has 3 heteroatoms. The molecular weight excluding hydrogens is 252 g/mol. The fourth-order valence-electron chi connectivity index (χ4n) is 3.42. The van der Waals surface area contributed by atoms with E-state index in [4.69, 9.17) is 15.7 Å². The van der Waals surface area contributed by atoms with E-state index in [1.165, 1.54) is 0 Å². The van der Waals surface area contributed by atoms with Gasteiger partial charge in [0.1, 0.15) is 0 Å². The molecule has 0 spiro atoms. The van der Waals surface area contributed by atoms with Crippen molar-refractivity contribution in [3.05, 3.63) is 53.7 Å². The number of hydrogen-bond donors (Lipinski definition) is 0. The number of nitrogens with zero attached hydrogens (tertiary/aromatic N) is 1. The van der Waals surface area contributed by atoms with Gasteiger partial charge in [-0.2, -0.15) is 0 Å². The van der Waals surface area contributed by atoms with Gasteiger partial charge in [-0.05, 0) is 33.2 Å². The highest BCUT2D eigenvalue weighted by Crippen LogP contribution is 2.60. The van der Waals surface area contributed by atoms with Crippen LogP contribution < -0.4 is 0 Å². The summed E-state index contributed by atoms with van der Waals surface area (Å²) < 4.78 is 0. The van der Waals surface area contributed by atoms with Crippen molar-refractivity contribution in [1.29, 1.82) is 0 Å². The summed E-state index contributed by atoms with van der Waals surface area (Å²) in [5, 5.41) is -1.02. The van der Waals surface area contributed by atoms with Gasteiger partial charge in [0.2, 0.25) is 0 Å². The Morgan fingerprint density at radius 2 is 1.48 bits per heavy atom. The minimum atomic E-state index is -0.536. The van der Waals surface area contributed by atoms with E-state index in [-0.39, 0.29) is 5.41 Å². The molecule has 1 aromatic heterocycles. The molecule has 1 aliphatic rings. The van der Waals surface area contributed by atoms with Crippen LogP contribution in [0.25, 0.3) is 11.3 Å². The molecule has 1 aromatic carbocycles. The van der Waals surface area contributed by atoms with Crippen molar-refractivity contribution in [1.82, 2.24) is 4.98 Å². The van der Waals surface area contributed by atoms with Gasteiger partial charge < -0.3 is 0 Å². The van der Waals surface area contributed by atoms with Crippen LogP contribution in [0.1, 0.15) is 38.8 Å². The Bertz CT molecular complexity index is 688. The minimum absolute atomic E-state index is 0.269. The number of benzene rings is 1. The molecule has 1 aliphatic carbocycles. The Kier molecular flexibility index (Phi) is 2.92. The molecule has 0 bridgehead atoms. The molecule has 2 atom stereocenters. The maximum atomic E-state index is 6.76. The molecule has 0 fully saturated rings. The first kappa shape index (κ1) is 14.4. The highest BCUT2D eigenvalue weighted by atomic mass is 14.7. The molecule has 2 aromatic rings. The normalized spacial score (nSPS) is 30.1. The lowest BCUT2D eigenvalue weighted by atomic mass is 9.45. The fourth-order valence-corrected chi connectivity index (χ4v) is 3.42. The second-order valence-corrected chi connectivity index (χ2v) is 6.98. The first-order chi connectivity index (χ1) is 9.71. The van der Waals surface area contributed by atoms with Crippen LogP contribution in [-0.2, 0) is 10.6 Å². The molecule has 4 radical (unpaired) electrons. The zero-order valence-corrected chi connectivity index (χ0v) is 13.1. The van der Waals surface area contributed by atoms with Gasteiger partial charge in [0.15, 0.2) is 0 Å². The van der Waals surface area contributed by atoms with Crippen molar-refractivity contribution in [3.63, 3.8) is 0 Å². The molecule has 3 rings (SSSR count). The Balaban J connectivity index is 2.36. The molecule has 21 heavy (non-hydrogen) atoms. The van der Waals surface area contributed by atoms with Crippen LogP contribution in [0.2, 0.25) is 0 Å². The summed E-state index contributed by atoms with van der Waals surface area (Å²) in [5.41, 5.74) is 3.94. The lowest BCUT2D eigenvalue weighted by molar-refractivity contribution is 0.216. The SMILES string of the molecule is [B]C1(C)c2ccnc(-c3ccccc3)c2C([B])(C)C1(C)C. The molecule has 102 valence electrons. The maximum Gasteiger partial charge on any atom is 0.0815 e. The van der Waals surface area contributed by atoms with E-state index in [0.29, 0.717) is 0 Å². The third-order valence-corrected chi connectivity index (χ3v) is 5.67. The lowest BCUT2D eigenvalue weighted by Gasteiger charge is -2.45. The summed E-state index contributed by atoms with van der Waals surface area (Å²) in [4.78, 5) is 4.61. The van der Waals surface area contributed by atoms with E-state index in [1.807, 2.05) is 30.5 Å². The number of pyridine rings is 1. The van der Waals surface area contributed by atoms with Gasteiger partial charge in [0.25, 0.3) is 0 Å². The first-order valence-electron chi connectivity index (χ1n) is 7.34. The van der Waals surface area contributed by atoms with E-state index < -0.39 is 10.6 Å². The van der Waals surface area contributed by atoms with Crippen LogP contribution in [0, 0.1) is 5.41 Å². The Labute approximate surface area is 130 Å². The predicted octanol–water partition coefficient (Wildman–Crippen LogP) is 3.56. The van der Waals surface area contributed by atoms with E-state index >= 15 is 0 Å². The van der Waals surface area contributed by atoms with E-state index in [0.717, 1.165) is 22.4 Å². The first-order valence-corrected chi connectivity index (χ1v) is 7.34. The zero-order chi connectivity index (χ0) is 15.5. The summed E-state index contributed by atoms with van der Waals surface area (Å²) in [6.45, 7) is 8.42. The Hall–Kier alpha value is -1.50. The summed E-state index contributed by atoms with van der Waals surface area (Å²) in [6.07, 6.45) is 1.84. The van der Waals surface area contributed by atoms with Gasteiger partial charge >= 0.3 is 0 Å².